The fourth-order valence-corrected chi connectivity index (χ4v) is 6.07. The molecule has 43 heavy (non-hydrogen) atoms. The molecule has 0 saturated carbocycles. The van der Waals surface area contributed by atoms with Gasteiger partial charge in [-0.25, -0.2) is 14.2 Å². The van der Waals surface area contributed by atoms with Crippen molar-refractivity contribution < 1.29 is 33.4 Å². The predicted octanol–water partition coefficient (Wildman–Crippen LogP) is 4.15. The molecule has 0 spiro atoms. The van der Waals surface area contributed by atoms with Crippen LogP contribution < -0.4 is 9.64 Å². The Labute approximate surface area is 255 Å². The van der Waals surface area contributed by atoms with E-state index in [2.05, 4.69) is 0 Å². The van der Waals surface area contributed by atoms with Crippen LogP contribution in [0.15, 0.2) is 18.2 Å². The smallest absolute Gasteiger partial charge is 0.410 e. The van der Waals surface area contributed by atoms with Gasteiger partial charge in [-0.15, -0.1) is 0 Å². The van der Waals surface area contributed by atoms with E-state index in [4.69, 9.17) is 26.1 Å². The minimum Gasteiger partial charge on any atom is -0.507 e. The zero-order chi connectivity index (χ0) is 31.2. The Morgan fingerprint density at radius 1 is 1.12 bits per heavy atom. The van der Waals surface area contributed by atoms with Crippen molar-refractivity contribution in [1.82, 2.24) is 19.7 Å². The van der Waals surface area contributed by atoms with Crippen LogP contribution in [0.3, 0.4) is 0 Å². The summed E-state index contributed by atoms with van der Waals surface area (Å²) in [6.45, 7) is 10.9. The molecule has 0 unspecified atom stereocenters. The molecule has 0 radical (unpaired) electrons. The Kier molecular flexibility index (Phi) is 8.34. The maximum atomic E-state index is 15.1. The number of ether oxygens (including phenoxy) is 2. The number of benzene rings is 1. The lowest BCUT2D eigenvalue weighted by molar-refractivity contribution is -0.131. The van der Waals surface area contributed by atoms with Gasteiger partial charge in [0.05, 0.1) is 11.6 Å². The van der Waals surface area contributed by atoms with Gasteiger partial charge < -0.3 is 34.2 Å². The number of rotatable bonds is 3. The second-order valence-electron chi connectivity index (χ2n) is 12.1. The molecule has 3 aliphatic heterocycles. The zero-order valence-corrected chi connectivity index (χ0v) is 25.8. The molecule has 11 nitrogen and oxygen atoms in total. The second kappa shape index (κ2) is 11.7. The molecule has 0 bridgehead atoms. The van der Waals surface area contributed by atoms with Crippen LogP contribution in [-0.2, 0) is 9.53 Å². The molecule has 1 N–H and O–H groups in total. The SMILES string of the molecule is CCC(=O)N1CCN(c2nc(-c3c(O)cccc3F)c(Cl)c3c2C(=O)N2CCN(C(=O)OC(C)(C)C)C[C@@H]2CO3)[C@@H](C)C1. The predicted molar refractivity (Wildman–Crippen MR) is 158 cm³/mol. The van der Waals surface area contributed by atoms with Crippen LogP contribution >= 0.6 is 11.6 Å². The number of carbonyl (C=O) groups excluding carboxylic acids is 3. The molecule has 1 aromatic carbocycles. The number of phenols is 1. The van der Waals surface area contributed by atoms with E-state index in [1.807, 2.05) is 18.7 Å². The van der Waals surface area contributed by atoms with Gasteiger partial charge >= 0.3 is 6.09 Å². The van der Waals surface area contributed by atoms with E-state index in [0.29, 0.717) is 26.1 Å². The average molecular weight is 618 g/mol. The first-order valence-electron chi connectivity index (χ1n) is 14.5. The summed E-state index contributed by atoms with van der Waals surface area (Å²) >= 11 is 6.83. The van der Waals surface area contributed by atoms with E-state index >= 15 is 4.39 Å². The highest BCUT2D eigenvalue weighted by molar-refractivity contribution is 6.35. The van der Waals surface area contributed by atoms with Gasteiger partial charge in [0.2, 0.25) is 5.91 Å². The summed E-state index contributed by atoms with van der Waals surface area (Å²) in [5.74, 6) is -1.19. The van der Waals surface area contributed by atoms with Crippen molar-refractivity contribution in [2.75, 3.05) is 50.8 Å². The van der Waals surface area contributed by atoms with Gasteiger partial charge in [-0.05, 0) is 39.8 Å². The number of phenolic OH excluding ortho intramolecular Hbond substituents is 1. The van der Waals surface area contributed by atoms with Crippen LogP contribution in [-0.4, -0.2) is 106 Å². The maximum absolute atomic E-state index is 15.1. The largest absolute Gasteiger partial charge is 0.507 e. The van der Waals surface area contributed by atoms with Gasteiger partial charge in [0.15, 0.2) is 5.75 Å². The highest BCUT2D eigenvalue weighted by Gasteiger charge is 2.42. The van der Waals surface area contributed by atoms with Crippen molar-refractivity contribution in [1.29, 1.82) is 0 Å². The van der Waals surface area contributed by atoms with Crippen molar-refractivity contribution in [3.8, 4) is 22.8 Å². The Bertz CT molecular complexity index is 1430. The average Bonchev–Trinajstić information content (AvgIpc) is 3.09. The highest BCUT2D eigenvalue weighted by atomic mass is 35.5. The highest BCUT2D eigenvalue weighted by Crippen LogP contribution is 2.46. The van der Waals surface area contributed by atoms with Crippen LogP contribution in [0.25, 0.3) is 11.3 Å². The van der Waals surface area contributed by atoms with E-state index in [0.717, 1.165) is 0 Å². The zero-order valence-electron chi connectivity index (χ0n) is 25.0. The minimum atomic E-state index is -0.739. The summed E-state index contributed by atoms with van der Waals surface area (Å²) in [5.41, 5.74) is -0.822. The quantitative estimate of drug-likeness (QED) is 0.546. The molecule has 4 heterocycles. The van der Waals surface area contributed by atoms with Crippen molar-refractivity contribution in [3.63, 3.8) is 0 Å². The third-order valence-corrected chi connectivity index (χ3v) is 8.24. The fourth-order valence-electron chi connectivity index (χ4n) is 5.78. The fraction of sp³-hybridized carbons (Fsp3) is 0.533. The third kappa shape index (κ3) is 5.89. The number of halogens is 2. The van der Waals surface area contributed by atoms with Crippen LogP contribution in [0.2, 0.25) is 5.02 Å². The first-order valence-corrected chi connectivity index (χ1v) is 14.9. The van der Waals surface area contributed by atoms with E-state index in [1.54, 1.807) is 35.5 Å². The first kappa shape index (κ1) is 30.7. The number of pyridine rings is 1. The van der Waals surface area contributed by atoms with Gasteiger partial charge in [0.25, 0.3) is 5.91 Å². The number of fused-ring (bicyclic) bond motifs is 2. The molecule has 3 aliphatic rings. The number of piperazine rings is 2. The maximum Gasteiger partial charge on any atom is 0.410 e. The van der Waals surface area contributed by atoms with E-state index < -0.39 is 23.6 Å². The topological polar surface area (TPSA) is 116 Å². The van der Waals surface area contributed by atoms with Crippen LogP contribution in [0.5, 0.6) is 11.5 Å². The molecule has 5 rings (SSSR count). The second-order valence-corrected chi connectivity index (χ2v) is 12.4. The van der Waals surface area contributed by atoms with Crippen LogP contribution in [0.4, 0.5) is 15.0 Å². The summed E-state index contributed by atoms with van der Waals surface area (Å²) in [5, 5.41) is 10.5. The molecule has 13 heteroatoms. The number of hydrogen-bond acceptors (Lipinski definition) is 8. The third-order valence-electron chi connectivity index (χ3n) is 7.89. The summed E-state index contributed by atoms with van der Waals surface area (Å²) < 4.78 is 26.9. The monoisotopic (exact) mass is 617 g/mol. The minimum absolute atomic E-state index is 0.0121. The van der Waals surface area contributed by atoms with E-state index in [-0.39, 0.29) is 83.3 Å². The number of aromatic hydroxyl groups is 1. The van der Waals surface area contributed by atoms with Gasteiger partial charge in [-0.1, -0.05) is 24.6 Å². The van der Waals surface area contributed by atoms with Crippen LogP contribution in [0.1, 0.15) is 51.4 Å². The van der Waals surface area contributed by atoms with Crippen molar-refractivity contribution in [2.24, 2.45) is 0 Å². The number of nitrogens with zero attached hydrogens (tertiary/aromatic N) is 5. The van der Waals surface area contributed by atoms with Gasteiger partial charge in [0, 0.05) is 51.7 Å². The number of hydrogen-bond donors (Lipinski definition) is 1. The molecular formula is C30H37ClFN5O6. The molecule has 2 fully saturated rings. The Morgan fingerprint density at radius 3 is 2.47 bits per heavy atom. The molecule has 3 amide bonds. The van der Waals surface area contributed by atoms with Crippen molar-refractivity contribution in [2.45, 2.75) is 58.7 Å². The normalized spacial score (nSPS) is 20.7. The van der Waals surface area contributed by atoms with Crippen LogP contribution in [0, 0.1) is 5.82 Å². The molecule has 2 atom stereocenters. The summed E-state index contributed by atoms with van der Waals surface area (Å²) in [4.78, 5) is 51.2. The lowest BCUT2D eigenvalue weighted by Crippen LogP contribution is -2.58. The lowest BCUT2D eigenvalue weighted by Gasteiger charge is -2.42. The molecule has 2 saturated heterocycles. The Hall–Kier alpha value is -3.80. The molecule has 2 aromatic rings. The Balaban J connectivity index is 1.58. The van der Waals surface area contributed by atoms with Gasteiger partial charge in [-0.3, -0.25) is 9.59 Å². The number of carbonyl (C=O) groups is 3. The summed E-state index contributed by atoms with van der Waals surface area (Å²) in [7, 11) is 0. The molecule has 1 aromatic heterocycles. The Morgan fingerprint density at radius 2 is 1.81 bits per heavy atom. The van der Waals surface area contributed by atoms with Gasteiger partial charge in [-0.2, -0.15) is 0 Å². The number of anilines is 1. The van der Waals surface area contributed by atoms with E-state index in [9.17, 15) is 19.5 Å². The van der Waals surface area contributed by atoms with E-state index in [1.165, 1.54) is 18.2 Å². The molecular weight excluding hydrogens is 581 g/mol. The standard InChI is InChI=1S/C30H37ClFN5O6/c1-6-21(39)34-10-12-36(17(2)14-34)27-23-26(24(31)25(33-27)22-19(32)8-7-9-20(22)38)42-16-18-15-35(11-13-37(18)28(23)40)29(41)43-30(3,4)5/h7-9,17-18,38H,6,10-16H2,1-5H3/t17-,18+/m0/s1. The number of aromatic nitrogens is 1. The van der Waals surface area contributed by atoms with Crippen molar-refractivity contribution in [3.05, 3.63) is 34.6 Å². The van der Waals surface area contributed by atoms with Crippen molar-refractivity contribution >= 4 is 35.3 Å². The first-order chi connectivity index (χ1) is 20.3. The van der Waals surface area contributed by atoms with Gasteiger partial charge in [0.1, 0.15) is 45.9 Å². The summed E-state index contributed by atoms with van der Waals surface area (Å²) in [6.07, 6.45) is -0.103. The lowest BCUT2D eigenvalue weighted by atomic mass is 10.0. The number of amides is 3. The molecule has 0 aliphatic carbocycles. The summed E-state index contributed by atoms with van der Waals surface area (Å²) in [6, 6.07) is 3.13. The molecule has 232 valence electrons.